The fraction of sp³-hybridized carbons (Fsp3) is 0.818. The van der Waals surface area contributed by atoms with Crippen LogP contribution in [0.1, 0.15) is 54.2 Å². The van der Waals surface area contributed by atoms with E-state index in [4.69, 9.17) is 25.2 Å². The number of ether oxygens (including phenoxy) is 1. The molecular formula is C22H41ClN2O5Si2. The Morgan fingerprint density at radius 2 is 1.53 bits per heavy atom. The van der Waals surface area contributed by atoms with Crippen LogP contribution in [0.25, 0.3) is 0 Å². The third-order valence-electron chi connectivity index (χ3n) is 7.48. The molecule has 1 unspecified atom stereocenters. The average Bonchev–Trinajstić information content (AvgIpc) is 3.02. The number of hydrogen-bond acceptors (Lipinski definition) is 5. The second-order valence-electron chi connectivity index (χ2n) is 11.9. The molecule has 1 saturated heterocycles. The van der Waals surface area contributed by atoms with E-state index in [9.17, 15) is 9.59 Å². The molecular weight excluding hydrogens is 464 g/mol. The van der Waals surface area contributed by atoms with Gasteiger partial charge in [0.25, 0.3) is 5.56 Å². The highest BCUT2D eigenvalue weighted by Crippen LogP contribution is 2.41. The Kier molecular flexibility index (Phi) is 8.17. The van der Waals surface area contributed by atoms with Crippen molar-refractivity contribution in [1.29, 1.82) is 0 Å². The van der Waals surface area contributed by atoms with Crippen LogP contribution in [0.2, 0.25) is 41.3 Å². The first-order valence-electron chi connectivity index (χ1n) is 11.3. The Balaban J connectivity index is 2.26. The molecule has 0 radical (unpaired) electrons. The monoisotopic (exact) mass is 504 g/mol. The molecule has 0 bridgehead atoms. The molecule has 32 heavy (non-hydrogen) atoms. The van der Waals surface area contributed by atoms with Gasteiger partial charge in [0, 0.05) is 25.1 Å². The molecule has 1 aliphatic rings. The fourth-order valence-electron chi connectivity index (χ4n) is 3.02. The Bertz CT molecular complexity index is 877. The second kappa shape index (κ2) is 9.50. The summed E-state index contributed by atoms with van der Waals surface area (Å²) < 4.78 is 20.7. The van der Waals surface area contributed by atoms with Crippen LogP contribution in [0.5, 0.6) is 0 Å². The van der Waals surface area contributed by atoms with Crippen LogP contribution in [0, 0.1) is 5.92 Å². The second-order valence-corrected chi connectivity index (χ2v) is 21.9. The summed E-state index contributed by atoms with van der Waals surface area (Å²) in [5, 5.41) is 0.146. The molecule has 2 rings (SSSR count). The summed E-state index contributed by atoms with van der Waals surface area (Å²) in [6, 6.07) is 0. The van der Waals surface area contributed by atoms with Gasteiger partial charge >= 0.3 is 5.69 Å². The Labute approximate surface area is 199 Å². The number of rotatable bonds is 7. The van der Waals surface area contributed by atoms with Crippen LogP contribution >= 0.6 is 11.6 Å². The van der Waals surface area contributed by atoms with Gasteiger partial charge < -0.3 is 13.6 Å². The van der Waals surface area contributed by atoms with Crippen molar-refractivity contribution < 1.29 is 13.6 Å². The Hall–Kier alpha value is -0.716. The topological polar surface area (TPSA) is 82.6 Å². The van der Waals surface area contributed by atoms with E-state index < -0.39 is 34.1 Å². The third kappa shape index (κ3) is 6.24. The summed E-state index contributed by atoms with van der Waals surface area (Å²) in [4.78, 5) is 26.3. The van der Waals surface area contributed by atoms with Crippen molar-refractivity contribution in [2.24, 2.45) is 5.92 Å². The molecule has 1 aliphatic heterocycles. The van der Waals surface area contributed by atoms with E-state index >= 15 is 0 Å². The summed E-state index contributed by atoms with van der Waals surface area (Å²) >= 11 is 5.98. The maximum atomic E-state index is 12.4. The molecule has 1 N–H and O–H groups in total. The molecule has 10 heteroatoms. The Morgan fingerprint density at radius 1 is 1.03 bits per heavy atom. The van der Waals surface area contributed by atoms with Gasteiger partial charge in [0.2, 0.25) is 0 Å². The van der Waals surface area contributed by atoms with Gasteiger partial charge in [-0.25, -0.2) is 4.79 Å². The maximum Gasteiger partial charge on any atom is 0.330 e. The van der Waals surface area contributed by atoms with Gasteiger partial charge in [0.05, 0.1) is 12.7 Å². The van der Waals surface area contributed by atoms with Gasteiger partial charge in [0.1, 0.15) is 11.3 Å². The summed E-state index contributed by atoms with van der Waals surface area (Å²) in [5.41, 5.74) is -1.12. The molecule has 1 fully saturated rings. The summed E-state index contributed by atoms with van der Waals surface area (Å²) in [6.45, 7) is 23.1. The Morgan fingerprint density at radius 3 is 2.03 bits per heavy atom. The predicted molar refractivity (Wildman–Crippen MR) is 135 cm³/mol. The smallest absolute Gasteiger partial charge is 0.330 e. The number of nitrogens with zero attached hydrogens (tertiary/aromatic N) is 1. The van der Waals surface area contributed by atoms with E-state index in [1.165, 1.54) is 10.8 Å². The number of H-pyrrole nitrogens is 1. The number of halogens is 1. The van der Waals surface area contributed by atoms with Crippen molar-refractivity contribution in [3.8, 4) is 0 Å². The quantitative estimate of drug-likeness (QED) is 0.520. The lowest BCUT2D eigenvalue weighted by atomic mass is 10.0. The van der Waals surface area contributed by atoms with Crippen molar-refractivity contribution >= 4 is 28.2 Å². The molecule has 1 aromatic rings. The van der Waals surface area contributed by atoms with Crippen LogP contribution < -0.4 is 11.2 Å². The van der Waals surface area contributed by atoms with Gasteiger partial charge in [-0.15, -0.1) is 0 Å². The summed E-state index contributed by atoms with van der Waals surface area (Å²) in [5.74, 6) is 0.0662. The highest BCUT2D eigenvalue weighted by molar-refractivity contribution is 6.74. The molecule has 0 amide bonds. The van der Waals surface area contributed by atoms with Crippen LogP contribution in [-0.2, 0) is 13.6 Å². The summed E-state index contributed by atoms with van der Waals surface area (Å²) in [7, 11) is -3.91. The zero-order valence-corrected chi connectivity index (χ0v) is 24.1. The molecule has 3 atom stereocenters. The van der Waals surface area contributed by atoms with E-state index in [1.54, 1.807) is 0 Å². The van der Waals surface area contributed by atoms with Crippen molar-refractivity contribution in [3.63, 3.8) is 0 Å². The van der Waals surface area contributed by atoms with E-state index in [-0.39, 0.29) is 27.1 Å². The first-order chi connectivity index (χ1) is 14.4. The lowest BCUT2D eigenvalue weighted by molar-refractivity contribution is -0.0335. The van der Waals surface area contributed by atoms with E-state index in [1.807, 2.05) is 0 Å². The van der Waals surface area contributed by atoms with Gasteiger partial charge in [-0.1, -0.05) is 53.1 Å². The molecule has 1 aromatic heterocycles. The average molecular weight is 505 g/mol. The minimum Gasteiger partial charge on any atom is -0.416 e. The molecule has 0 aliphatic carbocycles. The van der Waals surface area contributed by atoms with E-state index in [0.29, 0.717) is 19.6 Å². The van der Waals surface area contributed by atoms with Gasteiger partial charge in [-0.2, -0.15) is 0 Å². The minimum absolute atomic E-state index is 0.0387. The molecule has 7 nitrogen and oxygen atoms in total. The van der Waals surface area contributed by atoms with Gasteiger partial charge in [-0.05, 0) is 36.3 Å². The molecule has 0 spiro atoms. The highest BCUT2D eigenvalue weighted by Gasteiger charge is 2.44. The maximum absolute atomic E-state index is 12.4. The van der Waals surface area contributed by atoms with Crippen LogP contribution in [0.15, 0.2) is 15.8 Å². The zero-order chi connectivity index (χ0) is 24.7. The number of aromatic amines is 1. The van der Waals surface area contributed by atoms with Gasteiger partial charge in [-0.3, -0.25) is 14.3 Å². The molecule has 0 saturated carbocycles. The van der Waals surface area contributed by atoms with Crippen molar-refractivity contribution in [1.82, 2.24) is 9.55 Å². The van der Waals surface area contributed by atoms with E-state index in [0.717, 1.165) is 0 Å². The standard InChI is InChI=1S/C22H41ClN2O5Si2/c1-21(2,3)31(7,8)28-13-15-11-18(25-12-16(23)19(26)24-20(25)27)30-17(15)14-29-32(9,10)22(4,5)6/h12,15,17-18H,11,13-14H2,1-10H3,(H,24,26,27)/t15-,17-,18?/m1/s1. The van der Waals surface area contributed by atoms with Crippen LogP contribution in [0.4, 0.5) is 0 Å². The molecule has 184 valence electrons. The summed E-state index contributed by atoms with van der Waals surface area (Å²) in [6.07, 6.45) is 1.20. The van der Waals surface area contributed by atoms with Crippen molar-refractivity contribution in [2.45, 2.75) is 96.6 Å². The fourth-order valence-corrected chi connectivity index (χ4v) is 5.25. The lowest BCUT2D eigenvalue weighted by Gasteiger charge is -2.38. The van der Waals surface area contributed by atoms with Gasteiger partial charge in [0.15, 0.2) is 16.6 Å². The van der Waals surface area contributed by atoms with Crippen LogP contribution in [-0.4, -0.2) is 45.5 Å². The minimum atomic E-state index is -1.97. The number of aromatic nitrogens is 2. The first-order valence-corrected chi connectivity index (χ1v) is 17.5. The number of nitrogens with one attached hydrogen (secondary N) is 1. The third-order valence-corrected chi connectivity index (χ3v) is 16.7. The first kappa shape index (κ1) is 27.5. The van der Waals surface area contributed by atoms with E-state index in [2.05, 4.69) is 72.7 Å². The predicted octanol–water partition coefficient (Wildman–Crippen LogP) is 5.14. The normalized spacial score (nSPS) is 23.0. The molecule has 0 aromatic carbocycles. The molecule has 2 heterocycles. The zero-order valence-electron chi connectivity index (χ0n) is 21.3. The lowest BCUT2D eigenvalue weighted by Crippen LogP contribution is -2.45. The largest absolute Gasteiger partial charge is 0.416 e. The van der Waals surface area contributed by atoms with Crippen molar-refractivity contribution in [2.75, 3.05) is 13.2 Å². The SMILES string of the molecule is CC(C)(C)[Si](C)(C)OC[C@H]1CC(n2cc(Cl)c(=O)[nH]c2=O)O[C@@H]1CO[Si](C)(C)C(C)(C)C. The highest BCUT2D eigenvalue weighted by atomic mass is 35.5. The number of hydrogen-bond donors (Lipinski definition) is 1. The van der Waals surface area contributed by atoms with Crippen LogP contribution in [0.3, 0.4) is 0 Å². The van der Waals surface area contributed by atoms with Crippen molar-refractivity contribution in [3.05, 3.63) is 32.1 Å².